The summed E-state index contributed by atoms with van der Waals surface area (Å²) in [6.45, 7) is 8.29. The van der Waals surface area contributed by atoms with Crippen molar-refractivity contribution < 1.29 is 49.7 Å². The molecule has 2 heterocycles. The van der Waals surface area contributed by atoms with Gasteiger partial charge in [-0.1, -0.05) is 116 Å². The highest BCUT2D eigenvalue weighted by molar-refractivity contribution is 5.73. The predicted molar refractivity (Wildman–Crippen MR) is 217 cm³/mol. The highest BCUT2D eigenvalue weighted by Gasteiger charge is 2.34. The fourth-order valence-corrected chi connectivity index (χ4v) is 7.18. The first-order chi connectivity index (χ1) is 28.7. The van der Waals surface area contributed by atoms with Crippen LogP contribution in [0, 0.1) is 42.0 Å². The Morgan fingerprint density at radius 2 is 0.933 bits per heavy atom. The number of alkyl halides is 3. The number of hydrogen-bond acceptors (Lipinski definition) is 4. The fourth-order valence-electron chi connectivity index (χ4n) is 7.18. The van der Waals surface area contributed by atoms with E-state index < -0.39 is 35.9 Å². The monoisotopic (exact) mass is 828 g/mol. The van der Waals surface area contributed by atoms with E-state index in [4.69, 9.17) is 14.2 Å². The van der Waals surface area contributed by atoms with Crippen LogP contribution in [-0.4, -0.2) is 26.2 Å². The number of hydrogen-bond donors (Lipinski definition) is 0. The van der Waals surface area contributed by atoms with E-state index in [9.17, 15) is 30.7 Å². The van der Waals surface area contributed by atoms with E-state index in [2.05, 4.69) is 35.9 Å². The molecule has 0 N–H and O–H groups in total. The number of benzene rings is 6. The lowest BCUT2D eigenvalue weighted by atomic mass is 9.94. The Morgan fingerprint density at radius 3 is 1.42 bits per heavy atom. The molecule has 2 saturated heterocycles. The maximum Gasteiger partial charge on any atom is 0.573 e. The van der Waals surface area contributed by atoms with E-state index in [1.54, 1.807) is 36.4 Å². The van der Waals surface area contributed by atoms with E-state index in [0.29, 0.717) is 53.9 Å². The van der Waals surface area contributed by atoms with Gasteiger partial charge in [-0.3, -0.25) is 0 Å². The molecule has 0 aromatic heterocycles. The Morgan fingerprint density at radius 1 is 0.483 bits per heavy atom. The number of rotatable bonds is 7. The van der Waals surface area contributed by atoms with Gasteiger partial charge in [0.05, 0.1) is 19.3 Å². The van der Waals surface area contributed by atoms with E-state index >= 15 is 0 Å². The van der Waals surface area contributed by atoms with Crippen LogP contribution in [0.25, 0.3) is 44.5 Å². The second kappa shape index (κ2) is 18.4. The van der Waals surface area contributed by atoms with Gasteiger partial charge in [0, 0.05) is 29.2 Å². The van der Waals surface area contributed by atoms with E-state index in [1.807, 2.05) is 50.2 Å². The summed E-state index contributed by atoms with van der Waals surface area (Å²) >= 11 is 0. The number of aryl methyl sites for hydroxylation is 1. The largest absolute Gasteiger partial charge is 0.573 e. The molecule has 0 bridgehead atoms. The summed E-state index contributed by atoms with van der Waals surface area (Å²) < 4.78 is 115. The zero-order valence-corrected chi connectivity index (χ0v) is 33.2. The van der Waals surface area contributed by atoms with Crippen LogP contribution in [0.4, 0.5) is 30.7 Å². The molecular weight excluding hydrogens is 786 g/mol. The van der Waals surface area contributed by atoms with Crippen LogP contribution in [0.15, 0.2) is 121 Å². The van der Waals surface area contributed by atoms with Gasteiger partial charge < -0.3 is 18.9 Å². The molecule has 11 heteroatoms. The summed E-state index contributed by atoms with van der Waals surface area (Å²) in [5.74, 6) is -4.81. The van der Waals surface area contributed by atoms with Gasteiger partial charge in [0.1, 0.15) is 11.6 Å². The molecule has 4 nitrogen and oxygen atoms in total. The SMILES string of the molecule is CC1COC(c2ccc(-c3ccc(-c4cc(F)c(OC(F)(F)F)c(F)c4)c(F)c3)cc2)OC1.Cc1ccc(-c2ccc(-c3ccc(C4CCC(C)CO4)cc3)cc2F)cc1. The molecule has 312 valence electrons. The standard InChI is InChI=1S/C25H25FO.C24H18F6O3/c1-17-3-6-20(7-4-17)23-13-12-22(15-24(23)26)19-8-10-21(11-9-19)25-14-5-18(2)16-27-25;1-13-11-31-23(32-12-13)15-4-2-14(3-5-15)16-6-7-18(19(25)8-16)17-9-20(26)22(21(27)10-17)33-24(28,29)30/h3-4,6-13,15,18,25H,5,14,16H2,1-2H3;2-10,13,23H,11-12H2,1H3. The lowest BCUT2D eigenvalue weighted by Crippen LogP contribution is -2.24. The first-order valence-corrected chi connectivity index (χ1v) is 19.7. The molecule has 0 amide bonds. The number of halogens is 7. The smallest absolute Gasteiger partial charge is 0.399 e. The highest BCUT2D eigenvalue weighted by Crippen LogP contribution is 2.36. The van der Waals surface area contributed by atoms with Crippen LogP contribution in [0.2, 0.25) is 0 Å². The molecule has 8 rings (SSSR count). The Bertz CT molecular complexity index is 2360. The third kappa shape index (κ3) is 10.4. The molecule has 2 unspecified atom stereocenters. The van der Waals surface area contributed by atoms with Crippen molar-refractivity contribution in [2.75, 3.05) is 19.8 Å². The Kier molecular flexibility index (Phi) is 13.1. The summed E-state index contributed by atoms with van der Waals surface area (Å²) in [6, 6.07) is 34.1. The van der Waals surface area contributed by atoms with Crippen molar-refractivity contribution in [1.29, 1.82) is 0 Å². The summed E-state index contributed by atoms with van der Waals surface area (Å²) in [5, 5.41) is 0. The van der Waals surface area contributed by atoms with Crippen molar-refractivity contribution >= 4 is 0 Å². The quantitative estimate of drug-likeness (QED) is 0.150. The minimum absolute atomic E-state index is 0.176. The molecule has 6 aromatic rings. The highest BCUT2D eigenvalue weighted by atomic mass is 19.4. The third-order valence-electron chi connectivity index (χ3n) is 10.5. The minimum atomic E-state index is -5.26. The normalized spacial score (nSPS) is 19.3. The van der Waals surface area contributed by atoms with Gasteiger partial charge in [0.15, 0.2) is 17.9 Å². The van der Waals surface area contributed by atoms with Gasteiger partial charge >= 0.3 is 6.36 Å². The van der Waals surface area contributed by atoms with Crippen molar-refractivity contribution in [3.63, 3.8) is 0 Å². The van der Waals surface area contributed by atoms with Crippen molar-refractivity contribution in [3.8, 4) is 50.3 Å². The van der Waals surface area contributed by atoms with Gasteiger partial charge in [0.25, 0.3) is 0 Å². The topological polar surface area (TPSA) is 36.9 Å². The molecule has 0 aliphatic carbocycles. The van der Waals surface area contributed by atoms with Crippen LogP contribution < -0.4 is 4.74 Å². The average Bonchev–Trinajstić information content (AvgIpc) is 3.23. The van der Waals surface area contributed by atoms with E-state index in [-0.39, 0.29) is 23.0 Å². The van der Waals surface area contributed by atoms with Crippen molar-refractivity contribution in [2.45, 2.75) is 52.4 Å². The lowest BCUT2D eigenvalue weighted by molar-refractivity contribution is -0.276. The Balaban J connectivity index is 0.000000185. The van der Waals surface area contributed by atoms with Crippen molar-refractivity contribution in [2.24, 2.45) is 11.8 Å². The fraction of sp³-hybridized carbons (Fsp3) is 0.265. The van der Waals surface area contributed by atoms with Crippen LogP contribution in [0.1, 0.15) is 55.8 Å². The van der Waals surface area contributed by atoms with Crippen molar-refractivity contribution in [1.82, 2.24) is 0 Å². The van der Waals surface area contributed by atoms with Crippen LogP contribution in [-0.2, 0) is 14.2 Å². The van der Waals surface area contributed by atoms with Crippen LogP contribution >= 0.6 is 0 Å². The van der Waals surface area contributed by atoms with Gasteiger partial charge in [0.2, 0.25) is 5.75 Å². The molecule has 2 aliphatic heterocycles. The van der Waals surface area contributed by atoms with Gasteiger partial charge in [-0.05, 0) is 88.9 Å². The van der Waals surface area contributed by atoms with E-state index in [0.717, 1.165) is 35.3 Å². The van der Waals surface area contributed by atoms with Gasteiger partial charge in [-0.25, -0.2) is 17.6 Å². The maximum absolute atomic E-state index is 14.8. The Hall–Kier alpha value is -5.49. The maximum atomic E-state index is 14.8. The molecule has 0 radical (unpaired) electrons. The first kappa shape index (κ1) is 42.6. The predicted octanol–water partition coefficient (Wildman–Crippen LogP) is 14.0. The zero-order valence-electron chi connectivity index (χ0n) is 33.2. The molecule has 2 atom stereocenters. The molecule has 0 saturated carbocycles. The van der Waals surface area contributed by atoms with Crippen LogP contribution in [0.5, 0.6) is 5.75 Å². The molecular formula is C49H43F7O4. The summed E-state index contributed by atoms with van der Waals surface area (Å²) in [7, 11) is 0. The van der Waals surface area contributed by atoms with E-state index in [1.165, 1.54) is 29.7 Å². The first-order valence-electron chi connectivity index (χ1n) is 19.7. The second-order valence-electron chi connectivity index (χ2n) is 15.4. The third-order valence-corrected chi connectivity index (χ3v) is 10.5. The minimum Gasteiger partial charge on any atom is -0.399 e. The van der Waals surface area contributed by atoms with Crippen molar-refractivity contribution in [3.05, 3.63) is 161 Å². The number of ether oxygens (including phenoxy) is 4. The van der Waals surface area contributed by atoms with Crippen LogP contribution in [0.3, 0.4) is 0 Å². The lowest BCUT2D eigenvalue weighted by Gasteiger charge is -2.27. The molecule has 2 fully saturated rings. The summed E-state index contributed by atoms with van der Waals surface area (Å²) in [4.78, 5) is 0. The Labute approximate surface area is 344 Å². The second-order valence-corrected chi connectivity index (χ2v) is 15.4. The molecule has 6 aromatic carbocycles. The molecule has 0 spiro atoms. The van der Waals surface area contributed by atoms with Gasteiger partial charge in [-0.2, -0.15) is 0 Å². The summed E-state index contributed by atoms with van der Waals surface area (Å²) in [5.41, 5.74) is 7.41. The zero-order chi connectivity index (χ0) is 42.6. The van der Waals surface area contributed by atoms with Gasteiger partial charge in [-0.15, -0.1) is 13.2 Å². The average molecular weight is 829 g/mol. The molecule has 60 heavy (non-hydrogen) atoms. The summed E-state index contributed by atoms with van der Waals surface area (Å²) in [6.07, 6.45) is -3.27. The molecule has 2 aliphatic rings.